The third-order valence-electron chi connectivity index (χ3n) is 5.58. The lowest BCUT2D eigenvalue weighted by atomic mass is 9.97. The average Bonchev–Trinajstić information content (AvgIpc) is 3.32. The van der Waals surface area contributed by atoms with E-state index in [0.29, 0.717) is 5.92 Å². The number of benzene rings is 1. The van der Waals surface area contributed by atoms with Gasteiger partial charge in [-0.1, -0.05) is 18.2 Å². The van der Waals surface area contributed by atoms with E-state index in [9.17, 15) is 0 Å². The van der Waals surface area contributed by atoms with Crippen LogP contribution in [0.2, 0.25) is 0 Å². The molecular weight excluding hydrogens is 334 g/mol. The standard InChI is InChI=1S/C22H27N5/c1-15-4-5-17(10-16(15)2)12-24-21-11-18(6-8-23-21)20-13-25-26-22(20)19-7-9-27(3)14-19/h4-6,8,10-11,13,19H,7,9,12,14H2,1-3H3,(H,23,24)(H,25,26)/t19-/m0/s1. The Morgan fingerprint density at radius 1 is 1.19 bits per heavy atom. The molecule has 1 aromatic carbocycles. The molecule has 0 bridgehead atoms. The summed E-state index contributed by atoms with van der Waals surface area (Å²) in [5.74, 6) is 1.41. The Morgan fingerprint density at radius 3 is 2.85 bits per heavy atom. The first-order valence-corrected chi connectivity index (χ1v) is 9.58. The van der Waals surface area contributed by atoms with Crippen LogP contribution in [0.4, 0.5) is 5.82 Å². The fourth-order valence-electron chi connectivity index (χ4n) is 3.81. The average molecular weight is 361 g/mol. The number of nitrogens with zero attached hydrogens (tertiary/aromatic N) is 3. The zero-order chi connectivity index (χ0) is 18.8. The molecule has 0 amide bonds. The van der Waals surface area contributed by atoms with Crippen molar-refractivity contribution in [2.75, 3.05) is 25.5 Å². The predicted octanol–water partition coefficient (Wildman–Crippen LogP) is 4.12. The van der Waals surface area contributed by atoms with Crippen LogP contribution in [0.1, 0.15) is 34.7 Å². The highest BCUT2D eigenvalue weighted by molar-refractivity contribution is 5.68. The van der Waals surface area contributed by atoms with E-state index in [1.807, 2.05) is 12.4 Å². The first kappa shape index (κ1) is 17.7. The van der Waals surface area contributed by atoms with Crippen molar-refractivity contribution in [1.82, 2.24) is 20.1 Å². The highest BCUT2D eigenvalue weighted by atomic mass is 15.1. The highest BCUT2D eigenvalue weighted by Gasteiger charge is 2.25. The van der Waals surface area contributed by atoms with Crippen LogP contribution < -0.4 is 5.32 Å². The lowest BCUT2D eigenvalue weighted by Gasteiger charge is -2.12. The molecule has 1 fully saturated rings. The Labute approximate surface area is 160 Å². The van der Waals surface area contributed by atoms with Crippen molar-refractivity contribution < 1.29 is 0 Å². The van der Waals surface area contributed by atoms with Crippen molar-refractivity contribution in [1.29, 1.82) is 0 Å². The molecule has 4 rings (SSSR count). The van der Waals surface area contributed by atoms with E-state index in [1.54, 1.807) is 0 Å². The summed E-state index contributed by atoms with van der Waals surface area (Å²) in [6.07, 6.45) is 4.99. The fraction of sp³-hybridized carbons (Fsp3) is 0.364. The monoisotopic (exact) mass is 361 g/mol. The van der Waals surface area contributed by atoms with Crippen molar-refractivity contribution in [2.45, 2.75) is 32.7 Å². The van der Waals surface area contributed by atoms with Gasteiger partial charge in [0.2, 0.25) is 0 Å². The molecule has 3 aromatic rings. The summed E-state index contributed by atoms with van der Waals surface area (Å²) >= 11 is 0. The molecule has 0 saturated carbocycles. The number of likely N-dealkylation sites (tertiary alicyclic amines) is 1. The molecule has 1 aliphatic rings. The van der Waals surface area contributed by atoms with Gasteiger partial charge in [0, 0.05) is 36.5 Å². The minimum atomic E-state index is 0.521. The van der Waals surface area contributed by atoms with Crippen molar-refractivity contribution >= 4 is 5.82 Å². The van der Waals surface area contributed by atoms with Gasteiger partial charge in [-0.25, -0.2) is 4.98 Å². The number of hydrogen-bond donors (Lipinski definition) is 2. The normalized spacial score (nSPS) is 17.4. The second-order valence-electron chi connectivity index (χ2n) is 7.65. The minimum absolute atomic E-state index is 0.521. The highest BCUT2D eigenvalue weighted by Crippen LogP contribution is 2.33. The topological polar surface area (TPSA) is 56.8 Å². The van der Waals surface area contributed by atoms with Crippen molar-refractivity contribution in [3.63, 3.8) is 0 Å². The summed E-state index contributed by atoms with van der Waals surface area (Å²) in [6.45, 7) is 7.28. The van der Waals surface area contributed by atoms with Gasteiger partial charge in [0.1, 0.15) is 5.82 Å². The van der Waals surface area contributed by atoms with Gasteiger partial charge in [-0.15, -0.1) is 0 Å². The Bertz CT molecular complexity index is 930. The fourth-order valence-corrected chi connectivity index (χ4v) is 3.81. The molecule has 1 atom stereocenters. The van der Waals surface area contributed by atoms with E-state index in [1.165, 1.54) is 34.4 Å². The quantitative estimate of drug-likeness (QED) is 0.718. The molecule has 3 heterocycles. The lowest BCUT2D eigenvalue weighted by molar-refractivity contribution is 0.411. The number of likely N-dealkylation sites (N-methyl/N-ethyl adjacent to an activating group) is 1. The van der Waals surface area contributed by atoms with E-state index in [-0.39, 0.29) is 0 Å². The maximum Gasteiger partial charge on any atom is 0.126 e. The van der Waals surface area contributed by atoms with E-state index in [4.69, 9.17) is 0 Å². The molecule has 0 radical (unpaired) electrons. The molecule has 2 N–H and O–H groups in total. The number of anilines is 1. The van der Waals surface area contributed by atoms with Gasteiger partial charge in [0.15, 0.2) is 0 Å². The summed E-state index contributed by atoms with van der Waals surface area (Å²) in [6, 6.07) is 10.8. The van der Waals surface area contributed by atoms with Crippen LogP contribution in [0.25, 0.3) is 11.1 Å². The smallest absolute Gasteiger partial charge is 0.126 e. The maximum absolute atomic E-state index is 4.49. The van der Waals surface area contributed by atoms with E-state index < -0.39 is 0 Å². The second kappa shape index (κ2) is 7.53. The maximum atomic E-state index is 4.49. The molecule has 0 spiro atoms. The zero-order valence-corrected chi connectivity index (χ0v) is 16.3. The Balaban J connectivity index is 1.51. The van der Waals surface area contributed by atoms with E-state index in [2.05, 4.69) is 76.6 Å². The van der Waals surface area contributed by atoms with Crippen molar-refractivity contribution in [3.8, 4) is 11.1 Å². The SMILES string of the molecule is Cc1ccc(CNc2cc(-c3cn[nH]c3[C@H]3CCN(C)C3)ccn2)cc1C. The molecule has 1 saturated heterocycles. The predicted molar refractivity (Wildman–Crippen MR) is 110 cm³/mol. The first-order valence-electron chi connectivity index (χ1n) is 9.58. The molecule has 1 aliphatic heterocycles. The number of pyridine rings is 1. The van der Waals surface area contributed by atoms with Crippen LogP contribution in [-0.2, 0) is 6.54 Å². The summed E-state index contributed by atoms with van der Waals surface area (Å²) < 4.78 is 0. The van der Waals surface area contributed by atoms with Crippen LogP contribution in [0.3, 0.4) is 0 Å². The van der Waals surface area contributed by atoms with E-state index in [0.717, 1.165) is 31.0 Å². The third kappa shape index (κ3) is 3.88. The molecule has 27 heavy (non-hydrogen) atoms. The molecule has 0 unspecified atom stereocenters. The van der Waals surface area contributed by atoms with Crippen molar-refractivity contribution in [2.24, 2.45) is 0 Å². The van der Waals surface area contributed by atoms with Gasteiger partial charge >= 0.3 is 0 Å². The van der Waals surface area contributed by atoms with Gasteiger partial charge < -0.3 is 10.2 Å². The minimum Gasteiger partial charge on any atom is -0.366 e. The van der Waals surface area contributed by atoms with Gasteiger partial charge in [-0.05, 0) is 68.2 Å². The zero-order valence-electron chi connectivity index (χ0n) is 16.3. The molecule has 0 aliphatic carbocycles. The third-order valence-corrected chi connectivity index (χ3v) is 5.58. The largest absolute Gasteiger partial charge is 0.366 e. The Kier molecular flexibility index (Phi) is 4.94. The van der Waals surface area contributed by atoms with E-state index >= 15 is 0 Å². The number of H-pyrrole nitrogens is 1. The molecular formula is C22H27N5. The summed E-state index contributed by atoms with van der Waals surface area (Å²) in [7, 11) is 2.18. The number of aromatic amines is 1. The number of hydrogen-bond acceptors (Lipinski definition) is 4. The van der Waals surface area contributed by atoms with Gasteiger partial charge in [-0.3, -0.25) is 5.10 Å². The van der Waals surface area contributed by atoms with Crippen LogP contribution in [0.15, 0.2) is 42.7 Å². The number of nitrogens with one attached hydrogen (secondary N) is 2. The van der Waals surface area contributed by atoms with Gasteiger partial charge in [0.25, 0.3) is 0 Å². The number of aromatic nitrogens is 3. The molecule has 2 aromatic heterocycles. The number of aryl methyl sites for hydroxylation is 2. The van der Waals surface area contributed by atoms with Crippen LogP contribution in [0, 0.1) is 13.8 Å². The van der Waals surface area contributed by atoms with Gasteiger partial charge in [-0.2, -0.15) is 5.10 Å². The Morgan fingerprint density at radius 2 is 2.07 bits per heavy atom. The lowest BCUT2D eigenvalue weighted by Crippen LogP contribution is -2.13. The first-order chi connectivity index (χ1) is 13.1. The van der Waals surface area contributed by atoms with Gasteiger partial charge in [0.05, 0.1) is 6.20 Å². The van der Waals surface area contributed by atoms with Crippen LogP contribution in [0.5, 0.6) is 0 Å². The van der Waals surface area contributed by atoms with Crippen molar-refractivity contribution in [3.05, 3.63) is 65.1 Å². The van der Waals surface area contributed by atoms with Crippen LogP contribution >= 0.6 is 0 Å². The number of rotatable bonds is 5. The second-order valence-corrected chi connectivity index (χ2v) is 7.65. The summed E-state index contributed by atoms with van der Waals surface area (Å²) in [5, 5.41) is 11.0. The van der Waals surface area contributed by atoms with Crippen LogP contribution in [-0.4, -0.2) is 40.2 Å². The molecule has 5 nitrogen and oxygen atoms in total. The molecule has 140 valence electrons. The molecule has 5 heteroatoms. The Hall–Kier alpha value is -2.66. The summed E-state index contributed by atoms with van der Waals surface area (Å²) in [5.41, 5.74) is 7.50. The summed E-state index contributed by atoms with van der Waals surface area (Å²) in [4.78, 5) is 6.87.